The van der Waals surface area contributed by atoms with Crippen LogP contribution in [0.1, 0.15) is 47.1 Å². The van der Waals surface area contributed by atoms with E-state index in [0.29, 0.717) is 39.6 Å². The van der Waals surface area contributed by atoms with E-state index in [4.69, 9.17) is 18.6 Å². The monoisotopic (exact) mass is 392 g/mol. The summed E-state index contributed by atoms with van der Waals surface area (Å²) in [4.78, 5) is 0. The molecule has 0 saturated heterocycles. The molecule has 152 valence electrons. The van der Waals surface area contributed by atoms with Gasteiger partial charge in [-0.3, -0.25) is 0 Å². The van der Waals surface area contributed by atoms with Gasteiger partial charge in [-0.1, -0.05) is 54.2 Å². The summed E-state index contributed by atoms with van der Waals surface area (Å²) in [5, 5.41) is 0. The van der Waals surface area contributed by atoms with Crippen LogP contribution in [-0.4, -0.2) is 29.6 Å². The highest BCUT2D eigenvalue weighted by atomic mass is 28.4. The molecule has 1 rings (SSSR count). The number of methoxy groups -OCH3 is 3. The Morgan fingerprint density at radius 3 is 1.63 bits per heavy atom. The molecule has 0 aliphatic carbocycles. The van der Waals surface area contributed by atoms with E-state index in [2.05, 4.69) is 48.1 Å². The Balaban J connectivity index is 3.14. The Hall–Kier alpha value is -1.88. The summed E-state index contributed by atoms with van der Waals surface area (Å²) in [6.45, 7) is 17.8. The summed E-state index contributed by atoms with van der Waals surface area (Å²) >= 11 is 0. The molecule has 0 atom stereocenters. The molecule has 27 heavy (non-hydrogen) atoms. The van der Waals surface area contributed by atoms with Crippen LogP contribution in [0.25, 0.3) is 6.08 Å². The molecule has 0 spiro atoms. The third-order valence-corrected chi connectivity index (χ3v) is 11.2. The maximum atomic E-state index is 6.57. The van der Waals surface area contributed by atoms with Crippen molar-refractivity contribution in [3.05, 3.63) is 36.1 Å². The first-order valence-electron chi connectivity index (χ1n) is 9.49. The van der Waals surface area contributed by atoms with Crippen LogP contribution in [0.15, 0.2) is 30.5 Å². The molecule has 0 radical (unpaired) electrons. The minimum atomic E-state index is -2.00. The van der Waals surface area contributed by atoms with Crippen LogP contribution in [0.3, 0.4) is 0 Å². The Bertz CT molecular complexity index is 615. The standard InChI is InChI=1S/C22H36O4Si/c1-15(2)27(16(3)4,17(5)6)26-18(7)11-12-19-13-20(23-8)22(25-10)21(14-19)24-9/h11-17H,7H2,1-6,8-10H3/b12-11+. The highest BCUT2D eigenvalue weighted by molar-refractivity contribution is 6.77. The van der Waals surface area contributed by atoms with Crippen molar-refractivity contribution in [2.24, 2.45) is 0 Å². The molecule has 5 heteroatoms. The molecule has 1 aromatic carbocycles. The van der Waals surface area contributed by atoms with E-state index in [-0.39, 0.29) is 0 Å². The summed E-state index contributed by atoms with van der Waals surface area (Å²) in [5.74, 6) is 2.53. The molecule has 1 aromatic rings. The molecule has 0 aliphatic rings. The number of hydrogen-bond donors (Lipinski definition) is 0. The topological polar surface area (TPSA) is 36.9 Å². The first kappa shape index (κ1) is 23.2. The van der Waals surface area contributed by atoms with Crippen molar-refractivity contribution in [1.29, 1.82) is 0 Å². The zero-order valence-corrected chi connectivity index (χ0v) is 19.4. The van der Waals surface area contributed by atoms with Crippen LogP contribution in [0.4, 0.5) is 0 Å². The van der Waals surface area contributed by atoms with Gasteiger partial charge in [-0.2, -0.15) is 0 Å². The average molecular weight is 393 g/mol. The number of rotatable bonds is 10. The highest BCUT2D eigenvalue weighted by Gasteiger charge is 2.46. The van der Waals surface area contributed by atoms with E-state index < -0.39 is 8.32 Å². The van der Waals surface area contributed by atoms with Gasteiger partial charge >= 0.3 is 0 Å². The second-order valence-corrected chi connectivity index (χ2v) is 13.1. The van der Waals surface area contributed by atoms with Gasteiger partial charge in [-0.25, -0.2) is 0 Å². The Morgan fingerprint density at radius 1 is 0.852 bits per heavy atom. The number of allylic oxidation sites excluding steroid dienone is 1. The van der Waals surface area contributed by atoms with Crippen LogP contribution in [0.2, 0.25) is 16.6 Å². The predicted octanol–water partition coefficient (Wildman–Crippen LogP) is 6.43. The molecule has 0 aromatic heterocycles. The van der Waals surface area contributed by atoms with Crippen molar-refractivity contribution in [2.45, 2.75) is 58.2 Å². The van der Waals surface area contributed by atoms with Crippen molar-refractivity contribution in [1.82, 2.24) is 0 Å². The molecule has 0 bridgehead atoms. The van der Waals surface area contributed by atoms with E-state index in [9.17, 15) is 0 Å². The number of hydrogen-bond acceptors (Lipinski definition) is 4. The molecule has 0 aliphatic heterocycles. The zero-order chi connectivity index (χ0) is 20.8. The zero-order valence-electron chi connectivity index (χ0n) is 18.4. The summed E-state index contributed by atoms with van der Waals surface area (Å²) in [6.07, 6.45) is 3.89. The van der Waals surface area contributed by atoms with Gasteiger partial charge in [0, 0.05) is 0 Å². The maximum absolute atomic E-state index is 6.57. The minimum absolute atomic E-state index is 0.504. The van der Waals surface area contributed by atoms with Gasteiger partial charge in [0.25, 0.3) is 8.32 Å². The van der Waals surface area contributed by atoms with Gasteiger partial charge in [0.05, 0.1) is 27.1 Å². The van der Waals surface area contributed by atoms with Gasteiger partial charge in [-0.05, 0) is 40.4 Å². The molecule has 0 unspecified atom stereocenters. The van der Waals surface area contributed by atoms with Crippen molar-refractivity contribution in [3.8, 4) is 17.2 Å². The normalized spacial score (nSPS) is 12.1. The summed E-state index contributed by atoms with van der Waals surface area (Å²) in [7, 11) is 2.82. The maximum Gasteiger partial charge on any atom is 0.258 e. The van der Waals surface area contributed by atoms with Crippen LogP contribution in [0, 0.1) is 0 Å². The molecule has 0 saturated carbocycles. The first-order chi connectivity index (χ1) is 12.6. The van der Waals surface area contributed by atoms with Gasteiger partial charge in [0.15, 0.2) is 11.5 Å². The summed E-state index contributed by atoms with van der Waals surface area (Å²) in [6, 6.07) is 3.81. The van der Waals surface area contributed by atoms with Gasteiger partial charge in [0.2, 0.25) is 5.75 Å². The predicted molar refractivity (Wildman–Crippen MR) is 116 cm³/mol. The summed E-state index contributed by atoms with van der Waals surface area (Å²) < 4.78 is 22.8. The smallest absolute Gasteiger partial charge is 0.258 e. The number of ether oxygens (including phenoxy) is 3. The quantitative estimate of drug-likeness (QED) is 0.261. The lowest BCUT2D eigenvalue weighted by Gasteiger charge is -2.42. The van der Waals surface area contributed by atoms with Crippen LogP contribution in [0.5, 0.6) is 17.2 Å². The Labute approximate surface area is 166 Å². The fourth-order valence-corrected chi connectivity index (χ4v) is 9.23. The Kier molecular flexibility index (Phi) is 8.47. The molecule has 0 fully saturated rings. The van der Waals surface area contributed by atoms with Gasteiger partial charge in [0.1, 0.15) is 0 Å². The highest BCUT2D eigenvalue weighted by Crippen LogP contribution is 2.43. The van der Waals surface area contributed by atoms with Crippen molar-refractivity contribution >= 4 is 14.4 Å². The SMILES string of the molecule is C=C(/C=C/c1cc(OC)c(OC)c(OC)c1)O[Si](C(C)C)(C(C)C)C(C)C. The lowest BCUT2D eigenvalue weighted by molar-refractivity contribution is 0.324. The number of benzene rings is 1. The van der Waals surface area contributed by atoms with Crippen LogP contribution in [-0.2, 0) is 4.43 Å². The molecule has 0 heterocycles. The minimum Gasteiger partial charge on any atom is -0.543 e. The first-order valence-corrected chi connectivity index (χ1v) is 11.6. The third kappa shape index (κ3) is 5.10. The molecule has 4 nitrogen and oxygen atoms in total. The fourth-order valence-electron chi connectivity index (χ4n) is 4.00. The second kappa shape index (κ2) is 9.88. The van der Waals surface area contributed by atoms with Crippen molar-refractivity contribution in [3.63, 3.8) is 0 Å². The third-order valence-electron chi connectivity index (χ3n) is 5.16. The molecule has 0 N–H and O–H groups in total. The summed E-state index contributed by atoms with van der Waals surface area (Å²) in [5.41, 5.74) is 2.44. The fraction of sp³-hybridized carbons (Fsp3) is 0.545. The largest absolute Gasteiger partial charge is 0.543 e. The van der Waals surface area contributed by atoms with E-state index in [0.717, 1.165) is 5.56 Å². The second-order valence-electron chi connectivity index (χ2n) is 7.68. The lowest BCUT2D eigenvalue weighted by Crippen LogP contribution is -2.47. The van der Waals surface area contributed by atoms with Crippen molar-refractivity contribution in [2.75, 3.05) is 21.3 Å². The van der Waals surface area contributed by atoms with E-state index in [1.165, 1.54) is 0 Å². The lowest BCUT2D eigenvalue weighted by atomic mass is 10.1. The molecule has 0 amide bonds. The van der Waals surface area contributed by atoms with Gasteiger partial charge in [-0.15, -0.1) is 0 Å². The molecular weight excluding hydrogens is 356 g/mol. The van der Waals surface area contributed by atoms with E-state index in [1.54, 1.807) is 21.3 Å². The molecular formula is C22H36O4Si. The van der Waals surface area contributed by atoms with Gasteiger partial charge < -0.3 is 18.6 Å². The average Bonchev–Trinajstić information content (AvgIpc) is 2.62. The van der Waals surface area contributed by atoms with Crippen LogP contribution < -0.4 is 14.2 Å². The van der Waals surface area contributed by atoms with Crippen LogP contribution >= 0.6 is 0 Å². The Morgan fingerprint density at radius 2 is 1.30 bits per heavy atom. The van der Waals surface area contributed by atoms with E-state index >= 15 is 0 Å². The van der Waals surface area contributed by atoms with Crippen molar-refractivity contribution < 1.29 is 18.6 Å². The van der Waals surface area contributed by atoms with E-state index in [1.807, 2.05) is 24.3 Å².